The van der Waals surface area contributed by atoms with Crippen molar-refractivity contribution in [3.05, 3.63) is 261 Å². The van der Waals surface area contributed by atoms with Crippen LogP contribution in [0, 0.1) is 0 Å². The minimum absolute atomic E-state index is 0.922. The Morgan fingerprint density at radius 1 is 0.281 bits per heavy atom. The fourth-order valence-electron chi connectivity index (χ4n) is 8.92. The van der Waals surface area contributed by atoms with E-state index in [1.165, 1.54) is 33.4 Å². The quantitative estimate of drug-likeness (QED) is 0.137. The third-order valence-electron chi connectivity index (χ3n) is 12.0. The molecule has 302 valence electrons. The molecule has 1 aromatic heterocycles. The van der Waals surface area contributed by atoms with E-state index in [-0.39, 0.29) is 0 Å². The van der Waals surface area contributed by atoms with Crippen LogP contribution in [0.25, 0.3) is 83.7 Å². The van der Waals surface area contributed by atoms with Gasteiger partial charge in [-0.15, -0.1) is 0 Å². The third kappa shape index (κ3) is 7.46. The van der Waals surface area contributed by atoms with Crippen LogP contribution < -0.4 is 4.90 Å². The summed E-state index contributed by atoms with van der Waals surface area (Å²) in [5, 5.41) is 0. The number of nitrogens with zero attached hydrogens (tertiary/aromatic N) is 3. The predicted molar refractivity (Wildman–Crippen MR) is 268 cm³/mol. The molecule has 11 rings (SSSR count). The van der Waals surface area contributed by atoms with E-state index in [1.54, 1.807) is 0 Å². The lowest BCUT2D eigenvalue weighted by Crippen LogP contribution is -2.10. The summed E-state index contributed by atoms with van der Waals surface area (Å²) in [5.41, 5.74) is 19.1. The van der Waals surface area contributed by atoms with Crippen molar-refractivity contribution >= 4 is 28.1 Å². The summed E-state index contributed by atoms with van der Waals surface area (Å²) in [5.74, 6) is 0.922. The van der Waals surface area contributed by atoms with Gasteiger partial charge in [0.25, 0.3) is 0 Å². The Kier molecular flexibility index (Phi) is 10.3. The van der Waals surface area contributed by atoms with Gasteiger partial charge < -0.3 is 4.90 Å². The standard InChI is InChI=1S/C61H43N3/c1-6-18-44(19-7-1)45-32-36-53(37-33-45)63(55-40-41-56(47-20-8-2-9-21-47)58(43-55)48-22-10-3-11-23-48)54-38-34-46(35-39-54)50-26-16-27-51(42-50)57-30-17-31-59-60(57)64(52-28-14-5-15-29-52)61(62-59)49-24-12-4-13-25-49/h1-43H. The maximum atomic E-state index is 5.22. The topological polar surface area (TPSA) is 21.1 Å². The van der Waals surface area contributed by atoms with Gasteiger partial charge in [-0.1, -0.05) is 200 Å². The number of imidazole rings is 1. The second-order valence-corrected chi connectivity index (χ2v) is 16.0. The molecule has 1 heterocycles. The summed E-state index contributed by atoms with van der Waals surface area (Å²) in [6, 6.07) is 93.1. The molecular formula is C61H43N3. The van der Waals surface area contributed by atoms with Gasteiger partial charge in [0.1, 0.15) is 5.82 Å². The molecule has 0 aliphatic heterocycles. The zero-order valence-corrected chi connectivity index (χ0v) is 35.2. The summed E-state index contributed by atoms with van der Waals surface area (Å²) in [4.78, 5) is 7.59. The molecule has 0 aliphatic rings. The van der Waals surface area contributed by atoms with Crippen molar-refractivity contribution in [3.63, 3.8) is 0 Å². The number of hydrogen-bond acceptors (Lipinski definition) is 2. The van der Waals surface area contributed by atoms with Crippen LogP contribution in [0.5, 0.6) is 0 Å². The first-order valence-electron chi connectivity index (χ1n) is 21.8. The summed E-state index contributed by atoms with van der Waals surface area (Å²) in [6.45, 7) is 0. The van der Waals surface area contributed by atoms with Gasteiger partial charge in [0.05, 0.1) is 11.0 Å². The fraction of sp³-hybridized carbons (Fsp3) is 0. The minimum Gasteiger partial charge on any atom is -0.310 e. The number of hydrogen-bond donors (Lipinski definition) is 0. The molecule has 0 atom stereocenters. The zero-order chi connectivity index (χ0) is 42.7. The zero-order valence-electron chi connectivity index (χ0n) is 35.2. The van der Waals surface area contributed by atoms with E-state index in [4.69, 9.17) is 4.98 Å². The highest BCUT2D eigenvalue weighted by atomic mass is 15.1. The average Bonchev–Trinajstić information content (AvgIpc) is 3.78. The van der Waals surface area contributed by atoms with Crippen molar-refractivity contribution in [2.75, 3.05) is 4.90 Å². The van der Waals surface area contributed by atoms with Crippen LogP contribution in [0.2, 0.25) is 0 Å². The first-order chi connectivity index (χ1) is 31.7. The van der Waals surface area contributed by atoms with Gasteiger partial charge in [0, 0.05) is 33.9 Å². The summed E-state index contributed by atoms with van der Waals surface area (Å²) in [7, 11) is 0. The SMILES string of the molecule is c1ccc(-c2ccc(N(c3ccc(-c4cccc(-c5cccc6nc(-c7ccccc7)n(-c7ccccc7)c56)c4)cc3)c3ccc(-c4ccccc4)c(-c4ccccc4)c3)cc2)cc1. The molecule has 3 nitrogen and oxygen atoms in total. The number of para-hydroxylation sites is 2. The van der Waals surface area contributed by atoms with Crippen molar-refractivity contribution < 1.29 is 0 Å². The van der Waals surface area contributed by atoms with Gasteiger partial charge in [-0.3, -0.25) is 4.57 Å². The molecule has 0 radical (unpaired) electrons. The highest BCUT2D eigenvalue weighted by molar-refractivity contribution is 5.97. The molecular weight excluding hydrogens is 775 g/mol. The van der Waals surface area contributed by atoms with Crippen molar-refractivity contribution in [1.29, 1.82) is 0 Å². The molecule has 0 bridgehead atoms. The highest BCUT2D eigenvalue weighted by Crippen LogP contribution is 2.42. The van der Waals surface area contributed by atoms with E-state index < -0.39 is 0 Å². The Bertz CT molecular complexity index is 3330. The summed E-state index contributed by atoms with van der Waals surface area (Å²) < 4.78 is 2.30. The van der Waals surface area contributed by atoms with Gasteiger partial charge in [0.15, 0.2) is 0 Å². The smallest absolute Gasteiger partial charge is 0.145 e. The Balaban J connectivity index is 1.00. The Morgan fingerprint density at radius 2 is 0.734 bits per heavy atom. The van der Waals surface area contributed by atoms with Gasteiger partial charge >= 0.3 is 0 Å². The fourth-order valence-corrected chi connectivity index (χ4v) is 8.92. The molecule has 0 saturated carbocycles. The van der Waals surface area contributed by atoms with E-state index >= 15 is 0 Å². The van der Waals surface area contributed by atoms with Crippen LogP contribution in [0.4, 0.5) is 17.1 Å². The monoisotopic (exact) mass is 817 g/mol. The maximum absolute atomic E-state index is 5.22. The van der Waals surface area contributed by atoms with Crippen LogP contribution in [-0.2, 0) is 0 Å². The molecule has 0 aliphatic carbocycles. The number of aromatic nitrogens is 2. The minimum atomic E-state index is 0.922. The molecule has 3 heteroatoms. The van der Waals surface area contributed by atoms with E-state index in [9.17, 15) is 0 Å². The van der Waals surface area contributed by atoms with E-state index in [1.807, 2.05) is 6.07 Å². The normalized spacial score (nSPS) is 11.1. The largest absolute Gasteiger partial charge is 0.310 e. The Labute approximate surface area is 374 Å². The van der Waals surface area contributed by atoms with Crippen molar-refractivity contribution in [2.45, 2.75) is 0 Å². The lowest BCUT2D eigenvalue weighted by Gasteiger charge is -2.27. The van der Waals surface area contributed by atoms with Crippen LogP contribution >= 0.6 is 0 Å². The number of rotatable bonds is 10. The van der Waals surface area contributed by atoms with Gasteiger partial charge in [0.2, 0.25) is 0 Å². The summed E-state index contributed by atoms with van der Waals surface area (Å²) in [6.07, 6.45) is 0. The van der Waals surface area contributed by atoms with Crippen LogP contribution in [0.15, 0.2) is 261 Å². The molecule has 11 aromatic rings. The van der Waals surface area contributed by atoms with Crippen LogP contribution in [0.1, 0.15) is 0 Å². The molecule has 0 spiro atoms. The highest BCUT2D eigenvalue weighted by Gasteiger charge is 2.20. The van der Waals surface area contributed by atoms with Crippen LogP contribution in [-0.4, -0.2) is 9.55 Å². The lowest BCUT2D eigenvalue weighted by molar-refractivity contribution is 1.10. The second-order valence-electron chi connectivity index (χ2n) is 16.0. The molecule has 64 heavy (non-hydrogen) atoms. The Morgan fingerprint density at radius 3 is 1.34 bits per heavy atom. The number of anilines is 3. The molecule has 0 saturated heterocycles. The Hall–Kier alpha value is -8.53. The first-order valence-corrected chi connectivity index (χ1v) is 21.8. The summed E-state index contributed by atoms with van der Waals surface area (Å²) >= 11 is 0. The maximum Gasteiger partial charge on any atom is 0.145 e. The van der Waals surface area contributed by atoms with Crippen LogP contribution in [0.3, 0.4) is 0 Å². The van der Waals surface area contributed by atoms with Crippen molar-refractivity contribution in [1.82, 2.24) is 9.55 Å². The average molecular weight is 818 g/mol. The second kappa shape index (κ2) is 17.1. The van der Waals surface area contributed by atoms with Crippen molar-refractivity contribution in [3.8, 4) is 72.7 Å². The third-order valence-corrected chi connectivity index (χ3v) is 12.0. The van der Waals surface area contributed by atoms with Gasteiger partial charge in [-0.05, 0) is 111 Å². The molecule has 0 fully saturated rings. The molecule has 0 unspecified atom stereocenters. The molecule has 0 N–H and O–H groups in total. The number of fused-ring (bicyclic) bond motifs is 1. The first kappa shape index (κ1) is 38.4. The predicted octanol–water partition coefficient (Wildman–Crippen LogP) is 16.5. The van der Waals surface area contributed by atoms with Gasteiger partial charge in [-0.25, -0.2) is 4.98 Å². The number of benzene rings is 10. The van der Waals surface area contributed by atoms with E-state index in [0.717, 1.165) is 67.4 Å². The molecule has 10 aromatic carbocycles. The van der Waals surface area contributed by atoms with Gasteiger partial charge in [-0.2, -0.15) is 0 Å². The van der Waals surface area contributed by atoms with Crippen molar-refractivity contribution in [2.24, 2.45) is 0 Å². The lowest BCUT2D eigenvalue weighted by atomic mass is 9.93. The molecule has 0 amide bonds. The van der Waals surface area contributed by atoms with E-state index in [0.29, 0.717) is 0 Å². The van der Waals surface area contributed by atoms with E-state index in [2.05, 4.69) is 264 Å².